The van der Waals surface area contributed by atoms with Crippen LogP contribution in [0.3, 0.4) is 0 Å². The maximum atomic E-state index is 11.7. The van der Waals surface area contributed by atoms with E-state index in [2.05, 4.69) is 0 Å². The van der Waals surface area contributed by atoms with E-state index in [0.717, 1.165) is 19.3 Å². The van der Waals surface area contributed by atoms with Gasteiger partial charge in [0.25, 0.3) is 0 Å². The van der Waals surface area contributed by atoms with Gasteiger partial charge in [-0.15, -0.1) is 0 Å². The molecule has 1 aromatic heterocycles. The van der Waals surface area contributed by atoms with Crippen molar-refractivity contribution in [2.45, 2.75) is 31.8 Å². The van der Waals surface area contributed by atoms with Crippen LogP contribution in [0.5, 0.6) is 0 Å². The van der Waals surface area contributed by atoms with Crippen molar-refractivity contribution in [3.05, 3.63) is 24.2 Å². The fourth-order valence-electron chi connectivity index (χ4n) is 2.24. The van der Waals surface area contributed by atoms with Gasteiger partial charge in [0.05, 0.1) is 19.3 Å². The third kappa shape index (κ3) is 2.91. The first kappa shape index (κ1) is 12.7. The Balaban J connectivity index is 1.90. The highest BCUT2D eigenvalue weighted by atomic mass is 16.6. The maximum Gasteiger partial charge on any atom is 0.374 e. The Morgan fingerprint density at radius 3 is 2.89 bits per heavy atom. The second-order valence-corrected chi connectivity index (χ2v) is 4.39. The number of hydrogen-bond donors (Lipinski definition) is 0. The van der Waals surface area contributed by atoms with E-state index in [1.807, 2.05) is 0 Å². The summed E-state index contributed by atoms with van der Waals surface area (Å²) < 4.78 is 15.0. The van der Waals surface area contributed by atoms with E-state index >= 15 is 0 Å². The number of methoxy groups -OCH3 is 1. The van der Waals surface area contributed by atoms with Crippen molar-refractivity contribution >= 4 is 11.9 Å². The normalized spacial score (nSPS) is 23.4. The predicted molar refractivity (Wildman–Crippen MR) is 61.9 cm³/mol. The monoisotopic (exact) mass is 252 g/mol. The summed E-state index contributed by atoms with van der Waals surface area (Å²) in [4.78, 5) is 23.1. The van der Waals surface area contributed by atoms with Gasteiger partial charge in [-0.3, -0.25) is 4.79 Å². The van der Waals surface area contributed by atoms with Gasteiger partial charge in [-0.25, -0.2) is 4.79 Å². The minimum absolute atomic E-state index is 0.168. The molecule has 0 unspecified atom stereocenters. The molecule has 1 aliphatic carbocycles. The van der Waals surface area contributed by atoms with E-state index in [1.165, 1.54) is 13.4 Å². The van der Waals surface area contributed by atoms with Gasteiger partial charge in [-0.2, -0.15) is 0 Å². The number of ether oxygens (including phenoxy) is 2. The molecule has 0 spiro atoms. The highest BCUT2D eigenvalue weighted by Crippen LogP contribution is 2.27. The molecule has 18 heavy (non-hydrogen) atoms. The van der Waals surface area contributed by atoms with Gasteiger partial charge in [0, 0.05) is 0 Å². The summed E-state index contributed by atoms with van der Waals surface area (Å²) in [7, 11) is 1.38. The van der Waals surface area contributed by atoms with E-state index in [4.69, 9.17) is 13.9 Å². The number of furan rings is 1. The molecule has 0 amide bonds. The summed E-state index contributed by atoms with van der Waals surface area (Å²) in [6.45, 7) is 0. The minimum atomic E-state index is -0.476. The molecule has 0 aromatic carbocycles. The second-order valence-electron chi connectivity index (χ2n) is 4.39. The van der Waals surface area contributed by atoms with E-state index in [-0.39, 0.29) is 23.8 Å². The van der Waals surface area contributed by atoms with Crippen LogP contribution in [0.25, 0.3) is 0 Å². The second kappa shape index (κ2) is 5.71. The molecule has 5 heteroatoms. The Kier molecular flexibility index (Phi) is 4.02. The van der Waals surface area contributed by atoms with Crippen LogP contribution >= 0.6 is 0 Å². The Morgan fingerprint density at radius 2 is 2.22 bits per heavy atom. The molecule has 0 N–H and O–H groups in total. The average molecular weight is 252 g/mol. The Bertz CT molecular complexity index is 409. The zero-order chi connectivity index (χ0) is 13.0. The number of carbonyl (C=O) groups excluding carboxylic acids is 2. The van der Waals surface area contributed by atoms with Crippen LogP contribution in [0.1, 0.15) is 36.2 Å². The molecular weight excluding hydrogens is 236 g/mol. The summed E-state index contributed by atoms with van der Waals surface area (Å²) in [5.74, 6) is -0.683. The van der Waals surface area contributed by atoms with Crippen LogP contribution in [0.2, 0.25) is 0 Å². The maximum absolute atomic E-state index is 11.7. The van der Waals surface area contributed by atoms with Gasteiger partial charge in [-0.1, -0.05) is 0 Å². The highest BCUT2D eigenvalue weighted by molar-refractivity contribution is 5.86. The molecule has 5 nitrogen and oxygen atoms in total. The average Bonchev–Trinajstić information content (AvgIpc) is 2.92. The molecule has 0 bridgehead atoms. The molecule has 0 radical (unpaired) electrons. The molecule has 2 atom stereocenters. The molecule has 0 aliphatic heterocycles. The van der Waals surface area contributed by atoms with Gasteiger partial charge in [0.15, 0.2) is 0 Å². The lowest BCUT2D eigenvalue weighted by atomic mass is 9.87. The number of rotatable bonds is 3. The van der Waals surface area contributed by atoms with Crippen molar-refractivity contribution in [1.29, 1.82) is 0 Å². The number of hydrogen-bond acceptors (Lipinski definition) is 5. The van der Waals surface area contributed by atoms with Gasteiger partial charge in [-0.05, 0) is 37.8 Å². The number of carbonyl (C=O) groups is 2. The summed E-state index contributed by atoms with van der Waals surface area (Å²) in [6, 6.07) is 3.19. The zero-order valence-corrected chi connectivity index (χ0v) is 10.3. The Hall–Kier alpha value is -1.78. The van der Waals surface area contributed by atoms with Crippen molar-refractivity contribution < 1.29 is 23.5 Å². The van der Waals surface area contributed by atoms with Gasteiger partial charge >= 0.3 is 11.9 Å². The lowest BCUT2D eigenvalue weighted by Crippen LogP contribution is -2.30. The van der Waals surface area contributed by atoms with Crippen molar-refractivity contribution in [3.63, 3.8) is 0 Å². The van der Waals surface area contributed by atoms with E-state index in [1.54, 1.807) is 12.1 Å². The molecule has 1 saturated carbocycles. The van der Waals surface area contributed by atoms with Gasteiger partial charge < -0.3 is 13.9 Å². The fraction of sp³-hybridized carbons (Fsp3) is 0.538. The third-order valence-electron chi connectivity index (χ3n) is 3.16. The molecule has 1 heterocycles. The summed E-state index contributed by atoms with van der Waals surface area (Å²) in [6.07, 6.45) is 4.14. The van der Waals surface area contributed by atoms with Crippen LogP contribution in [-0.2, 0) is 14.3 Å². The number of esters is 2. The molecule has 1 fully saturated rings. The Labute approximate surface area is 105 Å². The minimum Gasteiger partial charge on any atom is -0.469 e. The highest BCUT2D eigenvalue weighted by Gasteiger charge is 2.30. The van der Waals surface area contributed by atoms with Gasteiger partial charge in [0.2, 0.25) is 5.76 Å². The standard InChI is InChI=1S/C13H16O5/c1-16-12(14)9-4-2-5-10(8-9)18-13(15)11-6-3-7-17-11/h3,6-7,9-10H,2,4-5,8H2,1H3/t9-,10+/m1/s1. The molecule has 1 aromatic rings. The molecule has 1 aliphatic rings. The first-order valence-electron chi connectivity index (χ1n) is 6.03. The summed E-state index contributed by atoms with van der Waals surface area (Å²) >= 11 is 0. The van der Waals surface area contributed by atoms with Crippen LogP contribution < -0.4 is 0 Å². The first-order chi connectivity index (χ1) is 8.70. The van der Waals surface area contributed by atoms with E-state index in [9.17, 15) is 9.59 Å². The van der Waals surface area contributed by atoms with E-state index in [0.29, 0.717) is 6.42 Å². The first-order valence-corrected chi connectivity index (χ1v) is 6.03. The molecule has 0 saturated heterocycles. The van der Waals surface area contributed by atoms with Crippen molar-refractivity contribution in [2.75, 3.05) is 7.11 Å². The lowest BCUT2D eigenvalue weighted by molar-refractivity contribution is -0.148. The smallest absolute Gasteiger partial charge is 0.374 e. The van der Waals surface area contributed by atoms with Gasteiger partial charge in [0.1, 0.15) is 6.10 Å². The predicted octanol–water partition coefficient (Wildman–Crippen LogP) is 2.17. The topological polar surface area (TPSA) is 65.7 Å². The van der Waals surface area contributed by atoms with Crippen LogP contribution in [-0.4, -0.2) is 25.2 Å². The van der Waals surface area contributed by atoms with Crippen molar-refractivity contribution in [3.8, 4) is 0 Å². The van der Waals surface area contributed by atoms with Crippen LogP contribution in [0, 0.1) is 5.92 Å². The van der Waals surface area contributed by atoms with Crippen molar-refractivity contribution in [2.24, 2.45) is 5.92 Å². The largest absolute Gasteiger partial charge is 0.469 e. The summed E-state index contributed by atoms with van der Waals surface area (Å²) in [5.41, 5.74) is 0. The van der Waals surface area contributed by atoms with Crippen molar-refractivity contribution in [1.82, 2.24) is 0 Å². The SMILES string of the molecule is COC(=O)[C@@H]1CCC[C@H](OC(=O)c2ccco2)C1. The molecule has 2 rings (SSSR count). The quantitative estimate of drug-likeness (QED) is 0.771. The van der Waals surface area contributed by atoms with Crippen LogP contribution in [0.4, 0.5) is 0 Å². The Morgan fingerprint density at radius 1 is 1.39 bits per heavy atom. The fourth-order valence-corrected chi connectivity index (χ4v) is 2.24. The molecule has 98 valence electrons. The molecular formula is C13H16O5. The zero-order valence-electron chi connectivity index (χ0n) is 10.3. The van der Waals surface area contributed by atoms with Crippen LogP contribution in [0.15, 0.2) is 22.8 Å². The summed E-state index contributed by atoms with van der Waals surface area (Å²) in [5, 5.41) is 0. The lowest BCUT2D eigenvalue weighted by Gasteiger charge is -2.26. The van der Waals surface area contributed by atoms with E-state index < -0.39 is 5.97 Å². The third-order valence-corrected chi connectivity index (χ3v) is 3.16.